The highest BCUT2D eigenvalue weighted by molar-refractivity contribution is 8.18. The first-order valence-corrected chi connectivity index (χ1v) is 11.7. The number of unbranched alkanes of at least 4 members (excludes halogenated alkanes) is 1. The molecule has 0 N–H and O–H groups in total. The Balaban J connectivity index is 2.00. The molecule has 1 fully saturated rings. The van der Waals surface area contributed by atoms with Gasteiger partial charge in [0.2, 0.25) is 0 Å². The number of amidine groups is 1. The van der Waals surface area contributed by atoms with E-state index in [1.54, 1.807) is 7.11 Å². The Kier molecular flexibility index (Phi) is 7.60. The van der Waals surface area contributed by atoms with Gasteiger partial charge in [0.1, 0.15) is 5.75 Å². The Hall–Kier alpha value is -2.53. The van der Waals surface area contributed by atoms with Crippen molar-refractivity contribution in [1.29, 1.82) is 0 Å². The summed E-state index contributed by atoms with van der Waals surface area (Å²) in [6.45, 7) is 11.2. The molecular weight excluding hydrogens is 404 g/mol. The van der Waals surface area contributed by atoms with Crippen LogP contribution in [-0.2, 0) is 4.79 Å². The summed E-state index contributed by atoms with van der Waals surface area (Å²) in [5, 5.41) is 0.754. The first-order valence-electron chi connectivity index (χ1n) is 10.9. The van der Waals surface area contributed by atoms with E-state index in [1.807, 2.05) is 35.2 Å². The van der Waals surface area contributed by atoms with Crippen LogP contribution in [0.25, 0.3) is 6.08 Å². The van der Waals surface area contributed by atoms with Crippen LogP contribution in [0.15, 0.2) is 46.3 Å². The number of carbonyl (C=O) groups is 1. The molecule has 1 saturated heterocycles. The zero-order valence-corrected chi connectivity index (χ0v) is 20.2. The molecule has 0 saturated carbocycles. The van der Waals surface area contributed by atoms with Gasteiger partial charge in [-0.2, -0.15) is 0 Å². The van der Waals surface area contributed by atoms with Crippen LogP contribution >= 0.6 is 11.8 Å². The number of rotatable bonds is 7. The molecule has 1 aliphatic rings. The summed E-state index contributed by atoms with van der Waals surface area (Å²) in [4.78, 5) is 20.6. The maximum absolute atomic E-state index is 13.3. The highest BCUT2D eigenvalue weighted by Gasteiger charge is 2.33. The molecular formula is C26H32N2O2S. The lowest BCUT2D eigenvalue weighted by Gasteiger charge is -2.15. The maximum Gasteiger partial charge on any atom is 0.266 e. The zero-order chi connectivity index (χ0) is 22.5. The van der Waals surface area contributed by atoms with Crippen molar-refractivity contribution >= 4 is 34.6 Å². The summed E-state index contributed by atoms with van der Waals surface area (Å²) in [5.74, 6) is 1.26. The van der Waals surface area contributed by atoms with E-state index in [1.165, 1.54) is 17.3 Å². The summed E-state index contributed by atoms with van der Waals surface area (Å²) in [5.41, 5.74) is 5.34. The quantitative estimate of drug-likeness (QED) is 0.446. The number of amides is 1. The van der Waals surface area contributed by atoms with Crippen molar-refractivity contribution < 1.29 is 9.53 Å². The minimum atomic E-state index is 0.0330. The van der Waals surface area contributed by atoms with Gasteiger partial charge in [-0.1, -0.05) is 44.9 Å². The average molecular weight is 437 g/mol. The standard InChI is InChI=1S/C26H32N2O2S/c1-7-8-13-28-25(29)24(31-26(28)27-21-11-9-18(4)10-12-21)16-20-15-22(17(2)3)23(30-6)14-19(20)5/h9-12,14-17H,7-8,13H2,1-6H3/b24-16+,27-26?. The first-order chi connectivity index (χ1) is 14.8. The molecule has 3 rings (SSSR count). The van der Waals surface area contributed by atoms with Crippen LogP contribution in [0.5, 0.6) is 5.75 Å². The van der Waals surface area contributed by atoms with Crippen LogP contribution in [0.3, 0.4) is 0 Å². The van der Waals surface area contributed by atoms with Crippen molar-refractivity contribution in [2.45, 2.75) is 53.4 Å². The fourth-order valence-corrected chi connectivity index (χ4v) is 4.49. The van der Waals surface area contributed by atoms with E-state index in [-0.39, 0.29) is 5.91 Å². The van der Waals surface area contributed by atoms with Crippen molar-refractivity contribution in [2.24, 2.45) is 4.99 Å². The van der Waals surface area contributed by atoms with Gasteiger partial charge in [-0.15, -0.1) is 0 Å². The van der Waals surface area contributed by atoms with Crippen molar-refractivity contribution in [3.63, 3.8) is 0 Å². The Labute approximate surface area is 190 Å². The molecule has 0 bridgehead atoms. The molecule has 2 aromatic carbocycles. The summed E-state index contributed by atoms with van der Waals surface area (Å²) in [6, 6.07) is 12.3. The molecule has 0 atom stereocenters. The van der Waals surface area contributed by atoms with Crippen LogP contribution in [0, 0.1) is 13.8 Å². The van der Waals surface area contributed by atoms with Gasteiger partial charge in [0, 0.05) is 6.54 Å². The van der Waals surface area contributed by atoms with E-state index in [0.29, 0.717) is 17.4 Å². The van der Waals surface area contributed by atoms with Crippen molar-refractivity contribution in [1.82, 2.24) is 4.90 Å². The Morgan fingerprint density at radius 1 is 1.16 bits per heavy atom. The molecule has 5 heteroatoms. The summed E-state index contributed by atoms with van der Waals surface area (Å²) >= 11 is 1.46. The number of thioether (sulfide) groups is 1. The number of ether oxygens (including phenoxy) is 1. The number of hydrogen-bond donors (Lipinski definition) is 0. The lowest BCUT2D eigenvalue weighted by atomic mass is 9.96. The summed E-state index contributed by atoms with van der Waals surface area (Å²) in [7, 11) is 1.70. The number of nitrogens with zero attached hydrogens (tertiary/aromatic N) is 2. The van der Waals surface area contributed by atoms with Gasteiger partial charge in [-0.25, -0.2) is 4.99 Å². The molecule has 0 aromatic heterocycles. The maximum atomic E-state index is 13.3. The number of benzene rings is 2. The Bertz CT molecular complexity index is 1010. The second-order valence-corrected chi connectivity index (χ2v) is 9.27. The van der Waals surface area contributed by atoms with Gasteiger partial charge in [0.15, 0.2) is 5.17 Å². The summed E-state index contributed by atoms with van der Waals surface area (Å²) < 4.78 is 5.57. The molecule has 0 aliphatic carbocycles. The SMILES string of the molecule is CCCCN1C(=O)/C(=C\c2cc(C(C)C)c(OC)cc2C)SC1=Nc1ccc(C)cc1. The van der Waals surface area contributed by atoms with E-state index < -0.39 is 0 Å². The second kappa shape index (κ2) is 10.2. The predicted molar refractivity (Wildman–Crippen MR) is 132 cm³/mol. The number of methoxy groups -OCH3 is 1. The van der Waals surface area contributed by atoms with E-state index in [9.17, 15) is 4.79 Å². The monoisotopic (exact) mass is 436 g/mol. The Morgan fingerprint density at radius 2 is 1.87 bits per heavy atom. The van der Waals surface area contributed by atoms with Gasteiger partial charge in [0.05, 0.1) is 17.7 Å². The third-order valence-corrected chi connectivity index (χ3v) is 6.42. The average Bonchev–Trinajstić information content (AvgIpc) is 3.03. The van der Waals surface area contributed by atoms with Crippen LogP contribution in [0.2, 0.25) is 0 Å². The zero-order valence-electron chi connectivity index (χ0n) is 19.4. The van der Waals surface area contributed by atoms with Crippen LogP contribution in [-0.4, -0.2) is 29.6 Å². The van der Waals surface area contributed by atoms with E-state index in [0.717, 1.165) is 46.1 Å². The molecule has 31 heavy (non-hydrogen) atoms. The van der Waals surface area contributed by atoms with Gasteiger partial charge < -0.3 is 4.74 Å². The normalized spacial score (nSPS) is 16.7. The fourth-order valence-electron chi connectivity index (χ4n) is 3.48. The lowest BCUT2D eigenvalue weighted by molar-refractivity contribution is -0.122. The lowest BCUT2D eigenvalue weighted by Crippen LogP contribution is -2.30. The molecule has 0 spiro atoms. The fraction of sp³-hybridized carbons (Fsp3) is 0.385. The number of aliphatic imine (C=N–C) groups is 1. The van der Waals surface area contributed by atoms with E-state index >= 15 is 0 Å². The largest absolute Gasteiger partial charge is 0.496 e. The van der Waals surface area contributed by atoms with Crippen LogP contribution < -0.4 is 4.74 Å². The highest BCUT2D eigenvalue weighted by atomic mass is 32.2. The van der Waals surface area contributed by atoms with E-state index in [2.05, 4.69) is 46.8 Å². The predicted octanol–water partition coefficient (Wildman–Crippen LogP) is 6.84. The van der Waals surface area contributed by atoms with Crippen LogP contribution in [0.4, 0.5) is 5.69 Å². The van der Waals surface area contributed by atoms with Gasteiger partial charge in [0.25, 0.3) is 5.91 Å². The van der Waals surface area contributed by atoms with Gasteiger partial charge in [-0.3, -0.25) is 9.69 Å². The molecule has 4 nitrogen and oxygen atoms in total. The Morgan fingerprint density at radius 3 is 2.48 bits per heavy atom. The molecule has 164 valence electrons. The molecule has 0 unspecified atom stereocenters. The molecule has 1 aliphatic heterocycles. The van der Waals surface area contributed by atoms with Crippen molar-refractivity contribution in [2.75, 3.05) is 13.7 Å². The topological polar surface area (TPSA) is 41.9 Å². The molecule has 2 aromatic rings. The number of aryl methyl sites for hydroxylation is 2. The second-order valence-electron chi connectivity index (χ2n) is 8.26. The number of hydrogen-bond acceptors (Lipinski definition) is 4. The van der Waals surface area contributed by atoms with Gasteiger partial charge >= 0.3 is 0 Å². The molecule has 0 radical (unpaired) electrons. The molecule has 1 amide bonds. The van der Waals surface area contributed by atoms with Crippen molar-refractivity contribution in [3.8, 4) is 5.75 Å². The first kappa shape index (κ1) is 23.1. The summed E-state index contributed by atoms with van der Waals surface area (Å²) in [6.07, 6.45) is 3.98. The van der Waals surface area contributed by atoms with Crippen LogP contribution in [0.1, 0.15) is 61.8 Å². The minimum Gasteiger partial charge on any atom is -0.496 e. The third-order valence-electron chi connectivity index (χ3n) is 5.41. The molecule has 1 heterocycles. The highest BCUT2D eigenvalue weighted by Crippen LogP contribution is 2.36. The smallest absolute Gasteiger partial charge is 0.266 e. The third kappa shape index (κ3) is 5.40. The van der Waals surface area contributed by atoms with Crippen molar-refractivity contribution in [3.05, 3.63) is 63.6 Å². The number of carbonyl (C=O) groups excluding carboxylic acids is 1. The minimum absolute atomic E-state index is 0.0330. The van der Waals surface area contributed by atoms with E-state index in [4.69, 9.17) is 9.73 Å². The van der Waals surface area contributed by atoms with Gasteiger partial charge in [-0.05, 0) is 85.0 Å².